The lowest BCUT2D eigenvalue weighted by atomic mass is 10.1. The molecule has 0 spiro atoms. The summed E-state index contributed by atoms with van der Waals surface area (Å²) in [6.07, 6.45) is 5.76. The van der Waals surface area contributed by atoms with Crippen molar-refractivity contribution in [1.82, 2.24) is 15.3 Å². The van der Waals surface area contributed by atoms with E-state index >= 15 is 0 Å². The predicted molar refractivity (Wildman–Crippen MR) is 96.6 cm³/mol. The molecule has 2 heterocycles. The Balaban J connectivity index is 1.52. The van der Waals surface area contributed by atoms with Crippen molar-refractivity contribution < 1.29 is 9.53 Å². The number of benzene rings is 1. The zero-order chi connectivity index (χ0) is 17.5. The molecule has 1 aliphatic rings. The number of amides is 1. The van der Waals surface area contributed by atoms with E-state index in [1.165, 1.54) is 19.3 Å². The molecule has 1 aromatic carbocycles. The lowest BCUT2D eigenvalue weighted by Gasteiger charge is -2.26. The smallest absolute Gasteiger partial charge is 0.225 e. The van der Waals surface area contributed by atoms with Crippen molar-refractivity contribution in [3.05, 3.63) is 47.8 Å². The van der Waals surface area contributed by atoms with Crippen molar-refractivity contribution in [1.29, 1.82) is 0 Å². The molecule has 2 aromatic rings. The van der Waals surface area contributed by atoms with Crippen molar-refractivity contribution in [3.8, 4) is 5.75 Å². The van der Waals surface area contributed by atoms with Gasteiger partial charge in [-0.15, -0.1) is 0 Å². The van der Waals surface area contributed by atoms with Crippen LogP contribution in [0, 0.1) is 0 Å². The molecule has 6 heteroatoms. The quantitative estimate of drug-likeness (QED) is 0.874. The fourth-order valence-electron chi connectivity index (χ4n) is 2.91. The summed E-state index contributed by atoms with van der Waals surface area (Å²) in [5, 5.41) is 2.93. The second kappa shape index (κ2) is 8.46. The summed E-state index contributed by atoms with van der Waals surface area (Å²) in [4.78, 5) is 23.3. The number of aromatic nitrogens is 2. The number of methoxy groups -OCH3 is 1. The van der Waals surface area contributed by atoms with E-state index in [9.17, 15) is 4.79 Å². The van der Waals surface area contributed by atoms with Crippen LogP contribution in [-0.4, -0.2) is 36.1 Å². The van der Waals surface area contributed by atoms with Gasteiger partial charge in [0, 0.05) is 19.3 Å². The first-order valence-electron chi connectivity index (χ1n) is 8.71. The van der Waals surface area contributed by atoms with Crippen LogP contribution in [0.5, 0.6) is 5.75 Å². The Morgan fingerprint density at radius 2 is 1.92 bits per heavy atom. The number of nitrogens with one attached hydrogen (secondary N) is 1. The highest BCUT2D eigenvalue weighted by Crippen LogP contribution is 2.15. The van der Waals surface area contributed by atoms with Crippen molar-refractivity contribution >= 4 is 11.9 Å². The van der Waals surface area contributed by atoms with Gasteiger partial charge in [-0.25, -0.2) is 9.97 Å². The minimum atomic E-state index is -0.0247. The highest BCUT2D eigenvalue weighted by atomic mass is 16.5. The largest absolute Gasteiger partial charge is 0.497 e. The molecule has 0 bridgehead atoms. The number of carbonyl (C=O) groups excluding carboxylic acids is 1. The van der Waals surface area contributed by atoms with Crippen LogP contribution in [0.3, 0.4) is 0 Å². The van der Waals surface area contributed by atoms with Crippen molar-refractivity contribution in [2.45, 2.75) is 32.2 Å². The van der Waals surface area contributed by atoms with Crippen molar-refractivity contribution in [2.75, 3.05) is 25.1 Å². The molecule has 1 N–H and O–H groups in total. The van der Waals surface area contributed by atoms with Crippen molar-refractivity contribution in [3.63, 3.8) is 0 Å². The third kappa shape index (κ3) is 4.92. The lowest BCUT2D eigenvalue weighted by Crippen LogP contribution is -2.31. The Kier molecular flexibility index (Phi) is 5.82. The maximum Gasteiger partial charge on any atom is 0.225 e. The summed E-state index contributed by atoms with van der Waals surface area (Å²) >= 11 is 0. The number of anilines is 1. The van der Waals surface area contributed by atoms with Crippen LogP contribution >= 0.6 is 0 Å². The Labute approximate surface area is 148 Å². The van der Waals surface area contributed by atoms with Gasteiger partial charge in [-0.1, -0.05) is 12.1 Å². The molecule has 0 aliphatic carbocycles. The first kappa shape index (κ1) is 17.2. The van der Waals surface area contributed by atoms with E-state index < -0.39 is 0 Å². The third-order valence-electron chi connectivity index (χ3n) is 4.33. The number of hydrogen-bond donors (Lipinski definition) is 1. The highest BCUT2D eigenvalue weighted by Gasteiger charge is 2.13. The Bertz CT molecular complexity index is 697. The van der Waals surface area contributed by atoms with Gasteiger partial charge in [0.15, 0.2) is 0 Å². The molecule has 0 saturated carbocycles. The van der Waals surface area contributed by atoms with Crippen LogP contribution in [0.25, 0.3) is 0 Å². The molecule has 6 nitrogen and oxygen atoms in total. The third-order valence-corrected chi connectivity index (χ3v) is 4.33. The first-order valence-corrected chi connectivity index (χ1v) is 8.71. The predicted octanol–water partition coefficient (Wildman–Crippen LogP) is 2.33. The minimum Gasteiger partial charge on any atom is -0.497 e. The molecule has 25 heavy (non-hydrogen) atoms. The van der Waals surface area contributed by atoms with Gasteiger partial charge in [0.05, 0.1) is 25.8 Å². The number of hydrogen-bond acceptors (Lipinski definition) is 5. The van der Waals surface area contributed by atoms with E-state index in [2.05, 4.69) is 20.2 Å². The SMILES string of the molecule is COc1ccc(CC(=O)NCc2ccnc(N3CCCCC3)n2)cc1. The molecule has 1 fully saturated rings. The van der Waals surface area contributed by atoms with Crippen LogP contribution in [0.15, 0.2) is 36.5 Å². The fourth-order valence-corrected chi connectivity index (χ4v) is 2.91. The summed E-state index contributed by atoms with van der Waals surface area (Å²) in [6.45, 7) is 2.43. The monoisotopic (exact) mass is 340 g/mol. The number of piperidine rings is 1. The Morgan fingerprint density at radius 3 is 2.64 bits per heavy atom. The molecule has 1 aromatic heterocycles. The molecular formula is C19H24N4O2. The van der Waals surface area contributed by atoms with Crippen LogP contribution in [0.1, 0.15) is 30.5 Å². The molecular weight excluding hydrogens is 316 g/mol. The van der Waals surface area contributed by atoms with Crippen LogP contribution in [0.2, 0.25) is 0 Å². The van der Waals surface area contributed by atoms with Gasteiger partial charge in [0.25, 0.3) is 0 Å². The van der Waals surface area contributed by atoms with E-state index in [0.29, 0.717) is 13.0 Å². The number of ether oxygens (including phenoxy) is 1. The Hall–Kier alpha value is -2.63. The van der Waals surface area contributed by atoms with Gasteiger partial charge in [0.1, 0.15) is 5.75 Å². The van der Waals surface area contributed by atoms with Gasteiger partial charge < -0.3 is 15.0 Å². The highest BCUT2D eigenvalue weighted by molar-refractivity contribution is 5.78. The second-order valence-corrected chi connectivity index (χ2v) is 6.20. The zero-order valence-corrected chi connectivity index (χ0v) is 14.6. The van der Waals surface area contributed by atoms with E-state index in [1.807, 2.05) is 30.3 Å². The van der Waals surface area contributed by atoms with Gasteiger partial charge in [0.2, 0.25) is 11.9 Å². The van der Waals surface area contributed by atoms with Gasteiger partial charge >= 0.3 is 0 Å². The molecule has 1 saturated heterocycles. The zero-order valence-electron chi connectivity index (χ0n) is 14.6. The number of carbonyl (C=O) groups is 1. The lowest BCUT2D eigenvalue weighted by molar-refractivity contribution is -0.120. The molecule has 3 rings (SSSR count). The first-order chi connectivity index (χ1) is 12.2. The average molecular weight is 340 g/mol. The normalized spacial score (nSPS) is 14.2. The van der Waals surface area contributed by atoms with E-state index in [1.54, 1.807) is 13.3 Å². The molecule has 0 atom stereocenters. The summed E-state index contributed by atoms with van der Waals surface area (Å²) in [5.74, 6) is 1.53. The van der Waals surface area contributed by atoms with E-state index in [-0.39, 0.29) is 5.91 Å². The van der Waals surface area contributed by atoms with Gasteiger partial charge in [-0.3, -0.25) is 4.79 Å². The molecule has 1 aliphatic heterocycles. The molecule has 1 amide bonds. The maximum absolute atomic E-state index is 12.1. The summed E-state index contributed by atoms with van der Waals surface area (Å²) in [6, 6.07) is 9.37. The molecule has 132 valence electrons. The summed E-state index contributed by atoms with van der Waals surface area (Å²) in [5.41, 5.74) is 1.79. The Morgan fingerprint density at radius 1 is 1.16 bits per heavy atom. The molecule has 0 radical (unpaired) electrons. The summed E-state index contributed by atoms with van der Waals surface area (Å²) < 4.78 is 5.12. The van der Waals surface area contributed by atoms with Crippen LogP contribution in [-0.2, 0) is 17.8 Å². The van der Waals surface area contributed by atoms with Gasteiger partial charge in [-0.2, -0.15) is 0 Å². The summed E-state index contributed by atoms with van der Waals surface area (Å²) in [7, 11) is 1.63. The van der Waals surface area contributed by atoms with Gasteiger partial charge in [-0.05, 0) is 43.0 Å². The topological polar surface area (TPSA) is 67.3 Å². The van der Waals surface area contributed by atoms with E-state index in [4.69, 9.17) is 4.74 Å². The van der Waals surface area contributed by atoms with Crippen molar-refractivity contribution in [2.24, 2.45) is 0 Å². The number of nitrogens with zero attached hydrogens (tertiary/aromatic N) is 3. The number of rotatable bonds is 6. The fraction of sp³-hybridized carbons (Fsp3) is 0.421. The molecule has 0 unspecified atom stereocenters. The standard InChI is InChI=1S/C19H24N4O2/c1-25-17-7-5-15(6-8-17)13-18(24)21-14-16-9-10-20-19(22-16)23-11-3-2-4-12-23/h5-10H,2-4,11-14H2,1H3,(H,21,24). The second-order valence-electron chi connectivity index (χ2n) is 6.20. The van der Waals surface area contributed by atoms with Crippen LogP contribution in [0.4, 0.5) is 5.95 Å². The maximum atomic E-state index is 12.1. The minimum absolute atomic E-state index is 0.0247. The average Bonchev–Trinajstić information content (AvgIpc) is 2.68. The van der Waals surface area contributed by atoms with E-state index in [0.717, 1.165) is 36.0 Å². The van der Waals surface area contributed by atoms with Crippen LogP contribution < -0.4 is 15.0 Å².